The van der Waals surface area contributed by atoms with Gasteiger partial charge in [0.2, 0.25) is 0 Å². The number of halogens is 2. The van der Waals surface area contributed by atoms with Gasteiger partial charge in [-0.2, -0.15) is 0 Å². The van der Waals surface area contributed by atoms with Gasteiger partial charge in [0.05, 0.1) is 5.02 Å². The molecule has 2 aromatic carbocycles. The zero-order chi connectivity index (χ0) is 18.3. The van der Waals surface area contributed by atoms with Crippen LogP contribution in [0.2, 0.25) is 5.02 Å². The van der Waals surface area contributed by atoms with E-state index in [9.17, 15) is 9.18 Å². The Morgan fingerprint density at radius 2 is 1.96 bits per heavy atom. The van der Waals surface area contributed by atoms with Crippen molar-refractivity contribution in [2.75, 3.05) is 10.2 Å². The zero-order valence-electron chi connectivity index (χ0n) is 13.9. The van der Waals surface area contributed by atoms with Crippen LogP contribution in [0, 0.1) is 12.7 Å². The molecule has 26 heavy (non-hydrogen) atoms. The second-order valence-corrected chi connectivity index (χ2v) is 6.54. The fraction of sp³-hybridized carbons (Fsp3) is 0.100. The van der Waals surface area contributed by atoms with Crippen molar-refractivity contribution in [1.29, 1.82) is 0 Å². The Morgan fingerprint density at radius 1 is 1.15 bits per heavy atom. The maximum atomic E-state index is 13.5. The van der Waals surface area contributed by atoms with Crippen molar-refractivity contribution in [1.82, 2.24) is 4.98 Å². The minimum atomic E-state index is -0.489. The second kappa shape index (κ2) is 6.42. The summed E-state index contributed by atoms with van der Waals surface area (Å²) in [6.07, 6.45) is 1.26. The summed E-state index contributed by atoms with van der Waals surface area (Å²) < 4.78 is 13.5. The van der Waals surface area contributed by atoms with Crippen LogP contribution in [0.1, 0.15) is 27.7 Å². The predicted octanol–water partition coefficient (Wildman–Crippen LogP) is 4.95. The summed E-state index contributed by atoms with van der Waals surface area (Å²) in [5, 5.41) is 3.29. The summed E-state index contributed by atoms with van der Waals surface area (Å²) in [5.74, 6) is -0.0812. The van der Waals surface area contributed by atoms with Crippen molar-refractivity contribution >= 4 is 29.0 Å². The van der Waals surface area contributed by atoms with Gasteiger partial charge in [-0.1, -0.05) is 35.9 Å². The molecule has 130 valence electrons. The van der Waals surface area contributed by atoms with Crippen LogP contribution in [-0.2, 0) is 0 Å². The summed E-state index contributed by atoms with van der Waals surface area (Å²) in [7, 11) is 0. The molecular weight excluding hydrogens is 353 g/mol. The Bertz CT molecular complexity index is 991. The van der Waals surface area contributed by atoms with Gasteiger partial charge in [0.25, 0.3) is 5.91 Å². The number of hydrogen-bond acceptors (Lipinski definition) is 3. The van der Waals surface area contributed by atoms with E-state index in [4.69, 9.17) is 11.6 Å². The molecule has 0 bridgehead atoms. The smallest absolute Gasteiger partial charge is 0.261 e. The molecule has 0 aliphatic carbocycles. The summed E-state index contributed by atoms with van der Waals surface area (Å²) in [5.41, 5.74) is 3.07. The van der Waals surface area contributed by atoms with E-state index in [0.29, 0.717) is 17.1 Å². The number of nitrogens with one attached hydrogen (secondary N) is 1. The Morgan fingerprint density at radius 3 is 2.69 bits per heavy atom. The molecule has 0 spiro atoms. The average molecular weight is 368 g/mol. The Hall–Kier alpha value is -2.92. The number of aryl methyl sites for hydroxylation is 1. The molecule has 1 unspecified atom stereocenters. The van der Waals surface area contributed by atoms with Gasteiger partial charge in [-0.3, -0.25) is 9.69 Å². The van der Waals surface area contributed by atoms with Gasteiger partial charge in [0.15, 0.2) is 0 Å². The number of hydrogen-bond donors (Lipinski definition) is 1. The first-order valence-corrected chi connectivity index (χ1v) is 8.49. The molecule has 0 radical (unpaired) electrons. The van der Waals surface area contributed by atoms with E-state index in [1.807, 2.05) is 37.3 Å². The van der Waals surface area contributed by atoms with Crippen LogP contribution in [0.25, 0.3) is 0 Å². The molecule has 6 heteroatoms. The maximum Gasteiger partial charge on any atom is 0.261 e. The van der Waals surface area contributed by atoms with Crippen LogP contribution >= 0.6 is 11.6 Å². The lowest BCUT2D eigenvalue weighted by Crippen LogP contribution is -2.32. The third kappa shape index (κ3) is 2.80. The standard InChI is InChI=1S/C20H15ClFN3O/c1-12-6-9-18(23-11-12)25-19(14-4-2-3-5-15(14)20(25)26)24-13-7-8-17(22)16(21)10-13/h2-11,19,24H,1H3. The van der Waals surface area contributed by atoms with Crippen molar-refractivity contribution in [3.05, 3.63) is 88.3 Å². The van der Waals surface area contributed by atoms with Crippen molar-refractivity contribution in [2.45, 2.75) is 13.1 Å². The Kier molecular flexibility index (Phi) is 4.09. The van der Waals surface area contributed by atoms with Crippen LogP contribution in [0.3, 0.4) is 0 Å². The lowest BCUT2D eigenvalue weighted by atomic mass is 10.1. The largest absolute Gasteiger partial charge is 0.361 e. The molecule has 1 aliphatic rings. The van der Waals surface area contributed by atoms with Crippen LogP contribution in [0.5, 0.6) is 0 Å². The predicted molar refractivity (Wildman–Crippen MR) is 100.0 cm³/mol. The lowest BCUT2D eigenvalue weighted by molar-refractivity contribution is 0.0992. The number of anilines is 2. The van der Waals surface area contributed by atoms with Crippen LogP contribution in [0.4, 0.5) is 15.9 Å². The molecule has 1 amide bonds. The molecule has 4 nitrogen and oxygen atoms in total. The zero-order valence-corrected chi connectivity index (χ0v) is 14.7. The number of nitrogens with zero attached hydrogens (tertiary/aromatic N) is 2. The minimum absolute atomic E-state index is 0.0209. The topological polar surface area (TPSA) is 45.2 Å². The quantitative estimate of drug-likeness (QED) is 0.712. The van der Waals surface area contributed by atoms with Crippen LogP contribution in [-0.4, -0.2) is 10.9 Å². The first-order valence-electron chi connectivity index (χ1n) is 8.11. The average Bonchev–Trinajstić information content (AvgIpc) is 2.92. The van der Waals surface area contributed by atoms with Gasteiger partial charge in [-0.05, 0) is 42.8 Å². The number of rotatable bonds is 3. The number of amides is 1. The first-order chi connectivity index (χ1) is 12.5. The molecule has 2 heterocycles. The highest BCUT2D eigenvalue weighted by molar-refractivity contribution is 6.31. The molecule has 0 saturated carbocycles. The SMILES string of the molecule is Cc1ccc(N2C(=O)c3ccccc3C2Nc2ccc(F)c(Cl)c2)nc1. The molecule has 1 aromatic heterocycles. The lowest BCUT2D eigenvalue weighted by Gasteiger charge is -2.26. The van der Waals surface area contributed by atoms with Gasteiger partial charge in [0.1, 0.15) is 17.8 Å². The minimum Gasteiger partial charge on any atom is -0.361 e. The molecule has 0 saturated heterocycles. The Labute approximate surface area is 155 Å². The van der Waals surface area contributed by atoms with Crippen molar-refractivity contribution in [2.24, 2.45) is 0 Å². The van der Waals surface area contributed by atoms with Gasteiger partial charge in [-0.15, -0.1) is 0 Å². The van der Waals surface area contributed by atoms with E-state index in [0.717, 1.165) is 11.1 Å². The normalized spacial score (nSPS) is 15.9. The highest BCUT2D eigenvalue weighted by Crippen LogP contribution is 2.37. The summed E-state index contributed by atoms with van der Waals surface area (Å²) >= 11 is 5.89. The number of carbonyl (C=O) groups excluding carboxylic acids is 1. The number of carbonyl (C=O) groups is 1. The van der Waals surface area contributed by atoms with E-state index in [-0.39, 0.29) is 10.9 Å². The number of aromatic nitrogens is 1. The summed E-state index contributed by atoms with van der Waals surface area (Å²) in [6, 6.07) is 15.5. The fourth-order valence-corrected chi connectivity index (χ4v) is 3.22. The molecule has 3 aromatic rings. The maximum absolute atomic E-state index is 13.5. The number of pyridine rings is 1. The second-order valence-electron chi connectivity index (χ2n) is 6.13. The molecule has 1 atom stereocenters. The highest BCUT2D eigenvalue weighted by Gasteiger charge is 2.38. The van der Waals surface area contributed by atoms with Gasteiger partial charge in [-0.25, -0.2) is 9.37 Å². The van der Waals surface area contributed by atoms with E-state index in [1.165, 1.54) is 12.1 Å². The number of fused-ring (bicyclic) bond motifs is 1. The van der Waals surface area contributed by atoms with Gasteiger partial charge in [0, 0.05) is 23.0 Å². The monoisotopic (exact) mass is 367 g/mol. The molecular formula is C20H15ClFN3O. The van der Waals surface area contributed by atoms with Crippen LogP contribution < -0.4 is 10.2 Å². The molecule has 1 aliphatic heterocycles. The third-order valence-corrected chi connectivity index (χ3v) is 4.62. The number of benzene rings is 2. The fourth-order valence-electron chi connectivity index (χ4n) is 3.04. The van der Waals surface area contributed by atoms with E-state index >= 15 is 0 Å². The van der Waals surface area contributed by atoms with Crippen molar-refractivity contribution < 1.29 is 9.18 Å². The van der Waals surface area contributed by atoms with Gasteiger partial charge >= 0.3 is 0 Å². The first kappa shape index (κ1) is 16.5. The third-order valence-electron chi connectivity index (χ3n) is 4.33. The summed E-state index contributed by atoms with van der Waals surface area (Å²) in [4.78, 5) is 19.0. The van der Waals surface area contributed by atoms with Crippen molar-refractivity contribution in [3.63, 3.8) is 0 Å². The summed E-state index contributed by atoms with van der Waals surface area (Å²) in [6.45, 7) is 1.94. The Balaban J connectivity index is 1.77. The molecule has 1 N–H and O–H groups in total. The van der Waals surface area contributed by atoms with Gasteiger partial charge < -0.3 is 5.32 Å². The molecule has 0 fully saturated rings. The van der Waals surface area contributed by atoms with Crippen molar-refractivity contribution in [3.8, 4) is 0 Å². The molecule has 4 rings (SSSR count). The highest BCUT2D eigenvalue weighted by atomic mass is 35.5. The van der Waals surface area contributed by atoms with E-state index in [2.05, 4.69) is 10.3 Å². The van der Waals surface area contributed by atoms with E-state index < -0.39 is 12.0 Å². The van der Waals surface area contributed by atoms with E-state index in [1.54, 1.807) is 23.2 Å². The van der Waals surface area contributed by atoms with Crippen LogP contribution in [0.15, 0.2) is 60.8 Å².